The largest absolute Gasteiger partial charge is 0.457 e. The minimum Gasteiger partial charge on any atom is -0.457 e. The number of halogens is 3. The van der Waals surface area contributed by atoms with Crippen molar-refractivity contribution in [2.24, 2.45) is 0 Å². The molecule has 0 radical (unpaired) electrons. The molecule has 0 saturated heterocycles. The van der Waals surface area contributed by atoms with Gasteiger partial charge in [0.2, 0.25) is 0 Å². The summed E-state index contributed by atoms with van der Waals surface area (Å²) >= 11 is 1.57. The van der Waals surface area contributed by atoms with E-state index in [0.717, 1.165) is 42.2 Å². The summed E-state index contributed by atoms with van der Waals surface area (Å²) < 4.78 is 44.8. The first kappa shape index (κ1) is 19.2. The number of rotatable bonds is 2. The Balaban J connectivity index is 1.42. The van der Waals surface area contributed by atoms with Gasteiger partial charge in [0, 0.05) is 23.5 Å². The van der Waals surface area contributed by atoms with Gasteiger partial charge in [0.05, 0.1) is 11.1 Å². The summed E-state index contributed by atoms with van der Waals surface area (Å²) in [6, 6.07) is 8.26. The Hall–Kier alpha value is -2.78. The number of furan rings is 1. The van der Waals surface area contributed by atoms with Crippen LogP contribution < -0.4 is 10.6 Å². The van der Waals surface area contributed by atoms with Crippen molar-refractivity contribution in [1.29, 1.82) is 0 Å². The van der Waals surface area contributed by atoms with Crippen LogP contribution in [0.25, 0.3) is 11.3 Å². The molecule has 2 aromatic heterocycles. The molecule has 1 aromatic carbocycles. The maximum atomic E-state index is 13.0. The number of likely N-dealkylation sites (N-methyl/N-ethyl adjacent to an activating group) is 1. The fraction of sp³-hybridized carbons (Fsp3) is 0.286. The second-order valence-electron chi connectivity index (χ2n) is 7.53. The molecular weight excluding hydrogens is 415 g/mol. The number of benzene rings is 1. The van der Waals surface area contributed by atoms with Crippen LogP contribution in [-0.2, 0) is 19.1 Å². The van der Waals surface area contributed by atoms with Crippen molar-refractivity contribution in [3.05, 3.63) is 63.7 Å². The summed E-state index contributed by atoms with van der Waals surface area (Å²) in [5, 5.41) is 7.02. The van der Waals surface area contributed by atoms with Gasteiger partial charge in [-0.25, -0.2) is 0 Å². The molecule has 2 aliphatic heterocycles. The van der Waals surface area contributed by atoms with Crippen LogP contribution in [-0.4, -0.2) is 24.4 Å². The third kappa shape index (κ3) is 3.27. The van der Waals surface area contributed by atoms with E-state index in [2.05, 4.69) is 22.6 Å². The molecule has 1 unspecified atom stereocenters. The minimum atomic E-state index is -4.42. The first-order chi connectivity index (χ1) is 14.3. The fourth-order valence-electron chi connectivity index (χ4n) is 3.90. The summed E-state index contributed by atoms with van der Waals surface area (Å²) in [4.78, 5) is 16.2. The van der Waals surface area contributed by atoms with Crippen molar-refractivity contribution in [2.75, 3.05) is 18.9 Å². The average Bonchev–Trinajstić information content (AvgIpc) is 3.32. The maximum absolute atomic E-state index is 13.0. The molecule has 4 heterocycles. The van der Waals surface area contributed by atoms with E-state index in [1.165, 1.54) is 10.9 Å². The molecule has 3 aromatic rings. The molecule has 1 atom stereocenters. The average molecular weight is 433 g/mol. The lowest BCUT2D eigenvalue weighted by molar-refractivity contribution is -0.137. The first-order valence-corrected chi connectivity index (χ1v) is 10.3. The monoisotopic (exact) mass is 433 g/mol. The topological polar surface area (TPSA) is 57.5 Å². The van der Waals surface area contributed by atoms with Crippen LogP contribution in [0.3, 0.4) is 0 Å². The smallest absolute Gasteiger partial charge is 0.416 e. The quantitative estimate of drug-likeness (QED) is 0.606. The summed E-state index contributed by atoms with van der Waals surface area (Å²) in [6.07, 6.45) is -4.17. The molecule has 0 bridgehead atoms. The van der Waals surface area contributed by atoms with E-state index < -0.39 is 17.9 Å². The molecule has 0 spiro atoms. The molecule has 2 aliphatic rings. The number of anilines is 1. The van der Waals surface area contributed by atoms with Crippen LogP contribution in [0.2, 0.25) is 0 Å². The summed E-state index contributed by atoms with van der Waals surface area (Å²) in [6.45, 7) is 1.72. The van der Waals surface area contributed by atoms with Crippen LogP contribution in [0.15, 0.2) is 40.8 Å². The Morgan fingerprint density at radius 1 is 1.20 bits per heavy atom. The summed E-state index contributed by atoms with van der Waals surface area (Å²) in [5.41, 5.74) is 1.39. The number of hydrogen-bond acceptors (Lipinski definition) is 5. The third-order valence-electron chi connectivity index (χ3n) is 5.41. The van der Waals surface area contributed by atoms with Gasteiger partial charge in [0.1, 0.15) is 16.5 Å². The summed E-state index contributed by atoms with van der Waals surface area (Å²) in [7, 11) is 2.05. The number of nitrogens with one attached hydrogen (secondary N) is 2. The van der Waals surface area contributed by atoms with Gasteiger partial charge in [-0.3, -0.25) is 4.79 Å². The molecule has 0 saturated carbocycles. The molecule has 156 valence electrons. The highest BCUT2D eigenvalue weighted by molar-refractivity contribution is 7.16. The van der Waals surface area contributed by atoms with Crippen molar-refractivity contribution >= 4 is 22.2 Å². The van der Waals surface area contributed by atoms with Crippen LogP contribution >= 0.6 is 11.3 Å². The normalized spacial score (nSPS) is 19.1. The molecule has 9 heteroatoms. The Labute approximate surface area is 174 Å². The number of hydrogen-bond donors (Lipinski definition) is 2. The molecule has 2 N–H and O–H groups in total. The number of alkyl halides is 3. The van der Waals surface area contributed by atoms with E-state index >= 15 is 0 Å². The van der Waals surface area contributed by atoms with Crippen LogP contribution in [0.4, 0.5) is 18.2 Å². The van der Waals surface area contributed by atoms with E-state index in [-0.39, 0.29) is 5.91 Å². The highest BCUT2D eigenvalue weighted by atomic mass is 32.1. The number of fused-ring (bicyclic) bond motifs is 3. The molecule has 0 fully saturated rings. The van der Waals surface area contributed by atoms with Gasteiger partial charge in [-0.1, -0.05) is 12.1 Å². The van der Waals surface area contributed by atoms with Gasteiger partial charge in [0.15, 0.2) is 6.17 Å². The zero-order valence-corrected chi connectivity index (χ0v) is 16.8. The number of nitrogens with zero attached hydrogens (tertiary/aromatic N) is 1. The molecule has 0 aliphatic carbocycles. The zero-order valence-electron chi connectivity index (χ0n) is 16.0. The Morgan fingerprint density at radius 2 is 2.03 bits per heavy atom. The number of thiophene rings is 1. The van der Waals surface area contributed by atoms with Gasteiger partial charge in [-0.15, -0.1) is 11.3 Å². The van der Waals surface area contributed by atoms with Crippen molar-refractivity contribution in [3.63, 3.8) is 0 Å². The minimum absolute atomic E-state index is 0.159. The standard InChI is InChI=1S/C21H18F3N3O2S/c1-27-8-7-13-16(10-27)30-20-17(13)19(28)25-18(26-20)15-6-5-14(29-15)11-3-2-4-12(9-11)21(22,23)24/h2-6,9,18,26H,7-8,10H2,1H3,(H,25,28). The second kappa shape index (κ2) is 6.88. The Bertz CT molecular complexity index is 1130. The molecule has 1 amide bonds. The van der Waals surface area contributed by atoms with E-state index in [4.69, 9.17) is 4.42 Å². The molecule has 5 rings (SSSR count). The van der Waals surface area contributed by atoms with Gasteiger partial charge in [-0.05, 0) is 43.3 Å². The Kier molecular flexibility index (Phi) is 4.41. The van der Waals surface area contributed by atoms with Gasteiger partial charge in [0.25, 0.3) is 5.91 Å². The molecule has 5 nitrogen and oxygen atoms in total. The van der Waals surface area contributed by atoms with Crippen molar-refractivity contribution in [3.8, 4) is 11.3 Å². The second-order valence-corrected chi connectivity index (χ2v) is 8.63. The fourth-order valence-corrected chi connectivity index (χ4v) is 5.25. The SMILES string of the molecule is CN1CCc2c(sc3c2C(=O)NC(c2ccc(-c4cccc(C(F)(F)F)c4)o2)N3)C1. The maximum Gasteiger partial charge on any atom is 0.416 e. The predicted molar refractivity (Wildman–Crippen MR) is 107 cm³/mol. The van der Waals surface area contributed by atoms with E-state index in [0.29, 0.717) is 22.6 Å². The lowest BCUT2D eigenvalue weighted by atomic mass is 10.0. The first-order valence-electron chi connectivity index (χ1n) is 9.47. The van der Waals surface area contributed by atoms with Gasteiger partial charge >= 0.3 is 6.18 Å². The van der Waals surface area contributed by atoms with E-state index in [9.17, 15) is 18.0 Å². The van der Waals surface area contributed by atoms with Crippen molar-refractivity contribution in [1.82, 2.24) is 10.2 Å². The van der Waals surface area contributed by atoms with Gasteiger partial charge in [-0.2, -0.15) is 13.2 Å². The van der Waals surface area contributed by atoms with Crippen LogP contribution in [0.5, 0.6) is 0 Å². The highest BCUT2D eigenvalue weighted by Gasteiger charge is 2.34. The van der Waals surface area contributed by atoms with E-state index in [1.54, 1.807) is 29.5 Å². The summed E-state index contributed by atoms with van der Waals surface area (Å²) in [5.74, 6) is 0.586. The van der Waals surface area contributed by atoms with Crippen LogP contribution in [0.1, 0.15) is 38.3 Å². The predicted octanol–water partition coefficient (Wildman–Crippen LogP) is 4.87. The zero-order chi connectivity index (χ0) is 21.0. The van der Waals surface area contributed by atoms with Gasteiger partial charge < -0.3 is 20.0 Å². The lowest BCUT2D eigenvalue weighted by Gasteiger charge is -2.26. The highest BCUT2D eigenvalue weighted by Crippen LogP contribution is 2.41. The van der Waals surface area contributed by atoms with Crippen molar-refractivity contribution in [2.45, 2.75) is 25.3 Å². The number of amides is 1. The molecular formula is C21H18F3N3O2S. The number of carbonyl (C=O) groups is 1. The Morgan fingerprint density at radius 3 is 2.83 bits per heavy atom. The lowest BCUT2D eigenvalue weighted by Crippen LogP contribution is -2.38. The molecule has 30 heavy (non-hydrogen) atoms. The van der Waals surface area contributed by atoms with Crippen LogP contribution in [0, 0.1) is 0 Å². The third-order valence-corrected chi connectivity index (χ3v) is 6.56. The van der Waals surface area contributed by atoms with E-state index in [1.807, 2.05) is 0 Å². The van der Waals surface area contributed by atoms with Crippen molar-refractivity contribution < 1.29 is 22.4 Å². The number of carbonyl (C=O) groups excluding carboxylic acids is 1.